The first kappa shape index (κ1) is 28.9. The Hall–Kier alpha value is -2.58. The van der Waals surface area contributed by atoms with Gasteiger partial charge in [-0.2, -0.15) is 0 Å². The summed E-state index contributed by atoms with van der Waals surface area (Å²) in [6, 6.07) is 8.18. The Labute approximate surface area is 242 Å². The van der Waals surface area contributed by atoms with Crippen molar-refractivity contribution in [2.75, 3.05) is 24.6 Å². The molecule has 0 aliphatic carbocycles. The van der Waals surface area contributed by atoms with Gasteiger partial charge in [0.15, 0.2) is 0 Å². The van der Waals surface area contributed by atoms with E-state index in [1.54, 1.807) is 28.5 Å². The summed E-state index contributed by atoms with van der Waals surface area (Å²) >= 11 is 1.58. The number of carbonyl (C=O) groups is 3. The maximum atomic E-state index is 14.7. The van der Waals surface area contributed by atoms with Crippen molar-refractivity contribution < 1.29 is 19.5 Å². The molecule has 1 N–H and O–H groups in total. The highest BCUT2D eigenvalue weighted by Crippen LogP contribution is 2.66. The van der Waals surface area contributed by atoms with Crippen molar-refractivity contribution in [2.45, 2.75) is 82.0 Å². The van der Waals surface area contributed by atoms with E-state index in [9.17, 15) is 19.5 Å². The molecule has 216 valence electrons. The van der Waals surface area contributed by atoms with Crippen LogP contribution in [0.3, 0.4) is 0 Å². The number of carbonyl (C=O) groups excluding carboxylic acids is 3. The second-order valence-electron chi connectivity index (χ2n) is 13.9. The van der Waals surface area contributed by atoms with Crippen molar-refractivity contribution in [1.82, 2.24) is 9.80 Å². The molecule has 6 atom stereocenters. The van der Waals surface area contributed by atoms with E-state index in [0.717, 1.165) is 12.1 Å². The van der Waals surface area contributed by atoms with E-state index in [2.05, 4.69) is 40.7 Å². The number of aliphatic hydroxyl groups is 1. The number of amides is 3. The van der Waals surface area contributed by atoms with Crippen LogP contribution in [0.4, 0.5) is 5.69 Å². The molecule has 2 fully saturated rings. The second-order valence-corrected chi connectivity index (χ2v) is 15.7. The minimum atomic E-state index is -0.927. The lowest BCUT2D eigenvalue weighted by Crippen LogP contribution is -2.60. The molecule has 0 bridgehead atoms. The van der Waals surface area contributed by atoms with E-state index in [1.165, 1.54) is 0 Å². The fourth-order valence-corrected chi connectivity index (χ4v) is 9.95. The summed E-state index contributed by atoms with van der Waals surface area (Å²) in [5, 5.41) is 10.2. The number of benzene rings is 1. The standard InChI is InChI=1S/C32H43N3O4S/c1-21(19-36)35-25-28(39)34(30(5,6)20-29(2,3)4)18-12-16-32(25)24(27(35)38)23-26(37)33(22-13-9-8-10-14-22)17-11-15-31(23,7)40-32/h8-16,21,23-25,36H,17-20H2,1-7H3/t21-,23+,24+,25?,31-,32+/m1/s1. The molecular weight excluding hydrogens is 522 g/mol. The molecule has 1 aromatic rings. The normalized spacial score (nSPS) is 33.0. The Morgan fingerprint density at radius 2 is 1.60 bits per heavy atom. The highest BCUT2D eigenvalue weighted by atomic mass is 32.2. The van der Waals surface area contributed by atoms with Gasteiger partial charge in [-0.3, -0.25) is 14.4 Å². The summed E-state index contributed by atoms with van der Waals surface area (Å²) in [4.78, 5) is 48.9. The fraction of sp³-hybridized carbons (Fsp3) is 0.594. The van der Waals surface area contributed by atoms with E-state index in [1.807, 2.05) is 60.4 Å². The van der Waals surface area contributed by atoms with Crippen LogP contribution in [0.15, 0.2) is 54.6 Å². The third kappa shape index (κ3) is 4.42. The van der Waals surface area contributed by atoms with Gasteiger partial charge < -0.3 is 19.8 Å². The number of fused-ring (bicyclic) bond motifs is 2. The first-order chi connectivity index (χ1) is 18.7. The maximum Gasteiger partial charge on any atom is 0.247 e. The van der Waals surface area contributed by atoms with E-state index in [0.29, 0.717) is 13.1 Å². The molecule has 0 radical (unpaired) electrons. The first-order valence-corrected chi connectivity index (χ1v) is 15.1. The Bertz CT molecular complexity index is 1250. The SMILES string of the molecule is C[C@H](CO)N1C(=O)[C@@H]2[C@H]3C(=O)N(c4ccccc4)CC=C[C@@]3(C)S[C@@]23C=CCN(C(C)(C)CC(C)(C)C)C(=O)C13. The fourth-order valence-electron chi connectivity index (χ4n) is 7.80. The molecule has 4 aliphatic heterocycles. The molecular formula is C32H43N3O4S. The number of thioether (sulfide) groups is 1. The molecule has 4 heterocycles. The van der Waals surface area contributed by atoms with Crippen molar-refractivity contribution in [2.24, 2.45) is 17.3 Å². The average molecular weight is 566 g/mol. The molecule has 1 spiro atoms. The number of para-hydroxylation sites is 1. The van der Waals surface area contributed by atoms with Crippen LogP contribution in [-0.4, -0.2) is 79.4 Å². The van der Waals surface area contributed by atoms with Crippen molar-refractivity contribution in [3.8, 4) is 0 Å². The lowest BCUT2D eigenvalue weighted by molar-refractivity contribution is -0.148. The van der Waals surface area contributed by atoms with Gasteiger partial charge in [0.1, 0.15) is 6.04 Å². The molecule has 5 rings (SSSR count). The van der Waals surface area contributed by atoms with Crippen LogP contribution in [0.1, 0.15) is 54.9 Å². The highest BCUT2D eigenvalue weighted by Gasteiger charge is 2.74. The molecule has 8 heteroatoms. The first-order valence-electron chi connectivity index (χ1n) is 14.3. The van der Waals surface area contributed by atoms with Crippen LogP contribution >= 0.6 is 11.8 Å². The van der Waals surface area contributed by atoms with Gasteiger partial charge in [0.25, 0.3) is 0 Å². The summed E-state index contributed by atoms with van der Waals surface area (Å²) in [7, 11) is 0. The summed E-state index contributed by atoms with van der Waals surface area (Å²) in [5.74, 6) is -1.83. The number of likely N-dealkylation sites (tertiary alicyclic amines) is 1. The molecule has 40 heavy (non-hydrogen) atoms. The maximum absolute atomic E-state index is 14.7. The van der Waals surface area contributed by atoms with Crippen molar-refractivity contribution in [1.29, 1.82) is 0 Å². The monoisotopic (exact) mass is 565 g/mol. The zero-order chi connectivity index (χ0) is 29.3. The van der Waals surface area contributed by atoms with Crippen molar-refractivity contribution >= 4 is 35.2 Å². The minimum Gasteiger partial charge on any atom is -0.394 e. The van der Waals surface area contributed by atoms with Crippen LogP contribution in [0.5, 0.6) is 0 Å². The van der Waals surface area contributed by atoms with Gasteiger partial charge in [-0.25, -0.2) is 0 Å². The van der Waals surface area contributed by atoms with Gasteiger partial charge in [-0.1, -0.05) is 63.3 Å². The van der Waals surface area contributed by atoms with Gasteiger partial charge >= 0.3 is 0 Å². The van der Waals surface area contributed by atoms with Gasteiger partial charge in [0, 0.05) is 29.1 Å². The zero-order valence-electron chi connectivity index (χ0n) is 24.8. The predicted octanol–water partition coefficient (Wildman–Crippen LogP) is 4.27. The van der Waals surface area contributed by atoms with Crippen LogP contribution in [0.2, 0.25) is 0 Å². The molecule has 3 amide bonds. The summed E-state index contributed by atoms with van der Waals surface area (Å²) < 4.78 is -1.60. The molecule has 7 nitrogen and oxygen atoms in total. The van der Waals surface area contributed by atoms with Gasteiger partial charge in [-0.15, -0.1) is 11.8 Å². The quantitative estimate of drug-likeness (QED) is 0.540. The van der Waals surface area contributed by atoms with E-state index >= 15 is 0 Å². The Balaban J connectivity index is 1.64. The number of nitrogens with zero attached hydrogens (tertiary/aromatic N) is 3. The number of rotatable bonds is 5. The lowest BCUT2D eigenvalue weighted by atomic mass is 9.74. The summed E-state index contributed by atoms with van der Waals surface area (Å²) in [6.45, 7) is 15.1. The number of hydrogen-bond acceptors (Lipinski definition) is 5. The summed E-state index contributed by atoms with van der Waals surface area (Å²) in [6.07, 6.45) is 8.95. The molecule has 4 aliphatic rings. The highest BCUT2D eigenvalue weighted by molar-refractivity contribution is 8.02. The molecule has 1 aromatic carbocycles. The van der Waals surface area contributed by atoms with Gasteiger partial charge in [-0.05, 0) is 51.7 Å². The Kier molecular flexibility index (Phi) is 7.06. The van der Waals surface area contributed by atoms with E-state index < -0.39 is 39.0 Å². The molecule has 0 saturated carbocycles. The van der Waals surface area contributed by atoms with Gasteiger partial charge in [0.2, 0.25) is 17.7 Å². The second kappa shape index (κ2) is 9.76. The van der Waals surface area contributed by atoms with Crippen molar-refractivity contribution in [3.05, 3.63) is 54.6 Å². The smallest absolute Gasteiger partial charge is 0.247 e. The Morgan fingerprint density at radius 3 is 2.23 bits per heavy atom. The number of hydrogen-bond donors (Lipinski definition) is 1. The van der Waals surface area contributed by atoms with Crippen LogP contribution < -0.4 is 4.90 Å². The summed E-state index contributed by atoms with van der Waals surface area (Å²) in [5.41, 5.74) is 0.319. The van der Waals surface area contributed by atoms with Crippen LogP contribution in [0, 0.1) is 17.3 Å². The van der Waals surface area contributed by atoms with Crippen LogP contribution in [0.25, 0.3) is 0 Å². The lowest BCUT2D eigenvalue weighted by Gasteiger charge is -2.45. The van der Waals surface area contributed by atoms with E-state index in [4.69, 9.17) is 0 Å². The average Bonchev–Trinajstić information content (AvgIpc) is 3.14. The molecule has 2 saturated heterocycles. The number of aliphatic hydroxyl groups excluding tert-OH is 1. The topological polar surface area (TPSA) is 81.2 Å². The number of anilines is 1. The Morgan fingerprint density at radius 1 is 0.950 bits per heavy atom. The van der Waals surface area contributed by atoms with E-state index in [-0.39, 0.29) is 29.7 Å². The third-order valence-electron chi connectivity index (χ3n) is 9.00. The van der Waals surface area contributed by atoms with Gasteiger partial charge in [0.05, 0.1) is 29.2 Å². The third-order valence-corrected chi connectivity index (χ3v) is 10.8. The minimum absolute atomic E-state index is 0.00944. The largest absolute Gasteiger partial charge is 0.394 e. The van der Waals surface area contributed by atoms with Crippen LogP contribution in [-0.2, 0) is 14.4 Å². The molecule has 0 aromatic heterocycles. The predicted molar refractivity (Wildman–Crippen MR) is 160 cm³/mol. The molecule has 1 unspecified atom stereocenters. The van der Waals surface area contributed by atoms with Crippen molar-refractivity contribution in [3.63, 3.8) is 0 Å². The zero-order valence-corrected chi connectivity index (χ0v) is 25.6.